The summed E-state index contributed by atoms with van der Waals surface area (Å²) < 4.78 is 26.1. The Kier molecular flexibility index (Phi) is 5.05. The van der Waals surface area contributed by atoms with E-state index in [9.17, 15) is 8.78 Å². The zero-order valence-corrected chi connectivity index (χ0v) is 11.6. The van der Waals surface area contributed by atoms with Crippen LogP contribution in [0.3, 0.4) is 0 Å². The molecule has 0 nitrogen and oxygen atoms in total. The summed E-state index contributed by atoms with van der Waals surface area (Å²) in [6.45, 7) is 2.14. The summed E-state index contributed by atoms with van der Waals surface area (Å²) in [5, 5.41) is 0. The molecule has 0 heterocycles. The topological polar surface area (TPSA) is 0 Å². The summed E-state index contributed by atoms with van der Waals surface area (Å²) in [5.74, 6) is -0.499. The number of halogens is 2. The third-order valence-electron chi connectivity index (χ3n) is 3.22. The van der Waals surface area contributed by atoms with Gasteiger partial charge in [0.25, 0.3) is 0 Å². The second kappa shape index (κ2) is 6.99. The number of rotatable bonds is 5. The molecular formula is C18H18F2. The fourth-order valence-corrected chi connectivity index (χ4v) is 2.11. The maximum Gasteiger partial charge on any atom is 0.123 e. The van der Waals surface area contributed by atoms with Crippen molar-refractivity contribution < 1.29 is 8.78 Å². The number of hydrogen-bond donors (Lipinski definition) is 0. The molecule has 2 aromatic carbocycles. The fraction of sp³-hybridized carbons (Fsp3) is 0.222. The summed E-state index contributed by atoms with van der Waals surface area (Å²) in [7, 11) is 0. The third kappa shape index (κ3) is 3.77. The number of hydrogen-bond acceptors (Lipinski definition) is 0. The van der Waals surface area contributed by atoms with Gasteiger partial charge in [-0.15, -0.1) is 0 Å². The molecule has 0 radical (unpaired) electrons. The van der Waals surface area contributed by atoms with Crippen molar-refractivity contribution in [2.24, 2.45) is 0 Å². The molecule has 2 rings (SSSR count). The van der Waals surface area contributed by atoms with Crippen LogP contribution in [0.2, 0.25) is 0 Å². The van der Waals surface area contributed by atoms with Gasteiger partial charge in [0, 0.05) is 0 Å². The molecule has 0 bridgehead atoms. The lowest BCUT2D eigenvalue weighted by atomic mass is 9.96. The zero-order valence-electron chi connectivity index (χ0n) is 11.6. The standard InChI is InChI=1S/C18H18F2/c1-2-3-4-5-18(14-6-10-16(19)11-7-14)15-8-12-17(20)13-9-15/h5-13H,2-4H2,1H3. The highest BCUT2D eigenvalue weighted by Gasteiger charge is 2.05. The Labute approximate surface area is 118 Å². The van der Waals surface area contributed by atoms with Gasteiger partial charge in [0.2, 0.25) is 0 Å². The van der Waals surface area contributed by atoms with Crippen LogP contribution in [-0.2, 0) is 0 Å². The molecule has 0 amide bonds. The molecule has 0 aromatic heterocycles. The summed E-state index contributed by atoms with van der Waals surface area (Å²) >= 11 is 0. The first-order chi connectivity index (χ1) is 9.70. The third-order valence-corrected chi connectivity index (χ3v) is 3.22. The molecule has 0 N–H and O–H groups in total. The molecule has 104 valence electrons. The minimum atomic E-state index is -0.249. The second-order valence-electron chi connectivity index (χ2n) is 4.77. The van der Waals surface area contributed by atoms with Crippen LogP contribution in [-0.4, -0.2) is 0 Å². The molecule has 0 aliphatic heterocycles. The van der Waals surface area contributed by atoms with E-state index in [1.165, 1.54) is 24.3 Å². The predicted molar refractivity (Wildman–Crippen MR) is 79.4 cm³/mol. The van der Waals surface area contributed by atoms with Gasteiger partial charge >= 0.3 is 0 Å². The van der Waals surface area contributed by atoms with Gasteiger partial charge in [-0.3, -0.25) is 0 Å². The van der Waals surface area contributed by atoms with E-state index in [4.69, 9.17) is 0 Å². The van der Waals surface area contributed by atoms with E-state index in [2.05, 4.69) is 13.0 Å². The predicted octanol–water partition coefficient (Wildman–Crippen LogP) is 5.59. The van der Waals surface area contributed by atoms with Crippen LogP contribution in [0.5, 0.6) is 0 Å². The first-order valence-corrected chi connectivity index (χ1v) is 6.92. The largest absolute Gasteiger partial charge is 0.207 e. The van der Waals surface area contributed by atoms with Crippen LogP contribution in [0.25, 0.3) is 5.57 Å². The van der Waals surface area contributed by atoms with Gasteiger partial charge in [-0.1, -0.05) is 50.1 Å². The Morgan fingerprint density at radius 3 is 1.70 bits per heavy atom. The Bertz CT molecular complexity index is 518. The average Bonchev–Trinajstić information content (AvgIpc) is 2.46. The van der Waals surface area contributed by atoms with Crippen molar-refractivity contribution >= 4 is 5.57 Å². The highest BCUT2D eigenvalue weighted by atomic mass is 19.1. The van der Waals surface area contributed by atoms with Crippen molar-refractivity contribution in [1.29, 1.82) is 0 Å². The lowest BCUT2D eigenvalue weighted by molar-refractivity contribution is 0.627. The van der Waals surface area contributed by atoms with E-state index >= 15 is 0 Å². The summed E-state index contributed by atoms with van der Waals surface area (Å²) in [5.41, 5.74) is 2.93. The average molecular weight is 272 g/mol. The van der Waals surface area contributed by atoms with E-state index in [-0.39, 0.29) is 11.6 Å². The van der Waals surface area contributed by atoms with Gasteiger partial charge in [0.15, 0.2) is 0 Å². The summed E-state index contributed by atoms with van der Waals surface area (Å²) in [6.07, 6.45) is 5.33. The molecule has 0 saturated heterocycles. The summed E-state index contributed by atoms with van der Waals surface area (Å²) in [4.78, 5) is 0. The van der Waals surface area contributed by atoms with Crippen LogP contribution >= 0.6 is 0 Å². The molecule has 0 aliphatic carbocycles. The van der Waals surface area contributed by atoms with E-state index in [1.807, 2.05) is 0 Å². The summed E-state index contributed by atoms with van der Waals surface area (Å²) in [6, 6.07) is 12.8. The molecule has 20 heavy (non-hydrogen) atoms. The molecule has 2 aromatic rings. The van der Waals surface area contributed by atoms with Crippen molar-refractivity contribution in [3.8, 4) is 0 Å². The lowest BCUT2D eigenvalue weighted by Crippen LogP contribution is -1.90. The molecule has 0 spiro atoms. The minimum Gasteiger partial charge on any atom is -0.207 e. The fourth-order valence-electron chi connectivity index (χ4n) is 2.11. The first-order valence-electron chi connectivity index (χ1n) is 6.92. The monoisotopic (exact) mass is 272 g/mol. The van der Waals surface area contributed by atoms with Crippen molar-refractivity contribution in [3.05, 3.63) is 77.4 Å². The normalized spacial score (nSPS) is 10.3. The molecule has 0 unspecified atom stereocenters. The van der Waals surface area contributed by atoms with Gasteiger partial charge in [-0.25, -0.2) is 8.78 Å². The smallest absolute Gasteiger partial charge is 0.123 e. The van der Waals surface area contributed by atoms with Crippen LogP contribution in [0.15, 0.2) is 54.6 Å². The minimum absolute atomic E-state index is 0.249. The molecule has 0 fully saturated rings. The Balaban J connectivity index is 2.36. The molecule has 0 atom stereocenters. The molecular weight excluding hydrogens is 254 g/mol. The van der Waals surface area contributed by atoms with Crippen LogP contribution < -0.4 is 0 Å². The quantitative estimate of drug-likeness (QED) is 0.623. The molecule has 0 aliphatic rings. The van der Waals surface area contributed by atoms with Crippen molar-refractivity contribution in [2.45, 2.75) is 26.2 Å². The van der Waals surface area contributed by atoms with Gasteiger partial charge in [-0.05, 0) is 47.4 Å². The van der Waals surface area contributed by atoms with Crippen LogP contribution in [0, 0.1) is 11.6 Å². The zero-order chi connectivity index (χ0) is 14.4. The maximum absolute atomic E-state index is 13.0. The maximum atomic E-state index is 13.0. The number of unbranched alkanes of at least 4 members (excludes halogenated alkanes) is 2. The second-order valence-corrected chi connectivity index (χ2v) is 4.77. The van der Waals surface area contributed by atoms with Gasteiger partial charge in [-0.2, -0.15) is 0 Å². The van der Waals surface area contributed by atoms with Crippen molar-refractivity contribution in [2.75, 3.05) is 0 Å². The van der Waals surface area contributed by atoms with E-state index in [0.29, 0.717) is 0 Å². The van der Waals surface area contributed by atoms with E-state index in [0.717, 1.165) is 36.0 Å². The van der Waals surface area contributed by atoms with Crippen LogP contribution in [0.1, 0.15) is 37.3 Å². The van der Waals surface area contributed by atoms with Crippen molar-refractivity contribution in [1.82, 2.24) is 0 Å². The molecule has 0 saturated carbocycles. The number of allylic oxidation sites excluding steroid dienone is 1. The van der Waals surface area contributed by atoms with Crippen molar-refractivity contribution in [3.63, 3.8) is 0 Å². The molecule has 2 heteroatoms. The van der Waals surface area contributed by atoms with Crippen LogP contribution in [0.4, 0.5) is 8.78 Å². The Morgan fingerprint density at radius 2 is 1.30 bits per heavy atom. The van der Waals surface area contributed by atoms with E-state index in [1.54, 1.807) is 24.3 Å². The SMILES string of the molecule is CCCCC=C(c1ccc(F)cc1)c1ccc(F)cc1. The van der Waals surface area contributed by atoms with E-state index < -0.39 is 0 Å². The Morgan fingerprint density at radius 1 is 0.850 bits per heavy atom. The lowest BCUT2D eigenvalue weighted by Gasteiger charge is -2.09. The highest BCUT2D eigenvalue weighted by Crippen LogP contribution is 2.25. The van der Waals surface area contributed by atoms with Gasteiger partial charge in [0.1, 0.15) is 11.6 Å². The highest BCUT2D eigenvalue weighted by molar-refractivity contribution is 5.79. The van der Waals surface area contributed by atoms with Gasteiger partial charge < -0.3 is 0 Å². The Hall–Kier alpha value is -1.96. The first kappa shape index (κ1) is 14.4. The number of benzene rings is 2. The van der Waals surface area contributed by atoms with Gasteiger partial charge in [0.05, 0.1) is 0 Å².